The van der Waals surface area contributed by atoms with Gasteiger partial charge in [0, 0.05) is 18.2 Å². The summed E-state index contributed by atoms with van der Waals surface area (Å²) in [6.07, 6.45) is 7.46. The van der Waals surface area contributed by atoms with Crippen molar-refractivity contribution in [1.29, 1.82) is 0 Å². The maximum atomic E-state index is 11.6. The molecule has 3 N–H and O–H groups in total. The van der Waals surface area contributed by atoms with Crippen molar-refractivity contribution in [2.45, 2.75) is 51.0 Å². The predicted octanol–water partition coefficient (Wildman–Crippen LogP) is 1.91. The average molecular weight is 244 g/mol. The summed E-state index contributed by atoms with van der Waals surface area (Å²) in [5.74, 6) is 2.59. The first kappa shape index (κ1) is 13.8. The number of nitrogens with one attached hydrogen (secondary N) is 1. The highest BCUT2D eigenvalue weighted by Gasteiger charge is 2.15. The number of amides is 1. The fourth-order valence-corrected chi connectivity index (χ4v) is 3.01. The molecule has 0 aromatic rings. The number of unbranched alkanes of at least 4 members (excludes halogenated alkanes) is 3. The Hall–Kier alpha value is -0.220. The molecule has 1 atom stereocenters. The van der Waals surface area contributed by atoms with Crippen LogP contribution in [-0.4, -0.2) is 30.0 Å². The van der Waals surface area contributed by atoms with Gasteiger partial charge in [-0.05, 0) is 38.0 Å². The zero-order valence-electron chi connectivity index (χ0n) is 10.0. The molecule has 0 bridgehead atoms. The minimum Gasteiger partial charge on any atom is -0.353 e. The molecule has 0 saturated carbocycles. The van der Waals surface area contributed by atoms with Crippen LogP contribution in [0.3, 0.4) is 0 Å². The van der Waals surface area contributed by atoms with Gasteiger partial charge in [-0.3, -0.25) is 4.79 Å². The third kappa shape index (κ3) is 6.38. The molecule has 1 aliphatic rings. The van der Waals surface area contributed by atoms with Crippen LogP contribution in [0.2, 0.25) is 0 Å². The summed E-state index contributed by atoms with van der Waals surface area (Å²) in [5, 5.41) is 3.13. The Balaban J connectivity index is 1.97. The van der Waals surface area contributed by atoms with Crippen LogP contribution in [0.15, 0.2) is 0 Å². The van der Waals surface area contributed by atoms with E-state index in [0.29, 0.717) is 12.5 Å². The zero-order chi connectivity index (χ0) is 11.6. The van der Waals surface area contributed by atoms with E-state index in [-0.39, 0.29) is 5.91 Å². The fourth-order valence-electron chi connectivity index (χ4n) is 1.94. The molecular formula is C12H24N2OS. The van der Waals surface area contributed by atoms with E-state index in [9.17, 15) is 4.79 Å². The van der Waals surface area contributed by atoms with Crippen molar-refractivity contribution in [3.8, 4) is 0 Å². The standard InChI is InChI=1S/C12H24N2OS/c13-8-4-2-1-3-7-12(15)14-11-6-5-9-16-10-11/h11H,1-10,13H2,(H,14,15). The quantitative estimate of drug-likeness (QED) is 0.673. The van der Waals surface area contributed by atoms with Gasteiger partial charge in [-0.2, -0.15) is 11.8 Å². The highest BCUT2D eigenvalue weighted by atomic mass is 32.2. The summed E-state index contributed by atoms with van der Waals surface area (Å²) in [6, 6.07) is 0.426. The van der Waals surface area contributed by atoms with Crippen molar-refractivity contribution in [2.24, 2.45) is 5.73 Å². The molecule has 1 fully saturated rings. The molecule has 0 aliphatic carbocycles. The topological polar surface area (TPSA) is 55.1 Å². The Morgan fingerprint density at radius 2 is 2.12 bits per heavy atom. The molecule has 0 spiro atoms. The highest BCUT2D eigenvalue weighted by molar-refractivity contribution is 7.99. The van der Waals surface area contributed by atoms with Gasteiger partial charge in [0.05, 0.1) is 0 Å². The van der Waals surface area contributed by atoms with Crippen molar-refractivity contribution >= 4 is 17.7 Å². The summed E-state index contributed by atoms with van der Waals surface area (Å²) in [4.78, 5) is 11.6. The maximum Gasteiger partial charge on any atom is 0.220 e. The summed E-state index contributed by atoms with van der Waals surface area (Å²) in [5.41, 5.74) is 5.41. The Kier molecular flexibility index (Phi) is 7.68. The van der Waals surface area contributed by atoms with E-state index in [1.165, 1.54) is 12.2 Å². The lowest BCUT2D eigenvalue weighted by molar-refractivity contribution is -0.121. The van der Waals surface area contributed by atoms with Crippen molar-refractivity contribution < 1.29 is 4.79 Å². The van der Waals surface area contributed by atoms with Crippen LogP contribution in [0.5, 0.6) is 0 Å². The number of hydrogen-bond donors (Lipinski definition) is 2. The van der Waals surface area contributed by atoms with Crippen molar-refractivity contribution in [1.82, 2.24) is 5.32 Å². The Morgan fingerprint density at radius 3 is 2.81 bits per heavy atom. The Bertz CT molecular complexity index is 193. The van der Waals surface area contributed by atoms with Gasteiger partial charge in [0.15, 0.2) is 0 Å². The Morgan fingerprint density at radius 1 is 1.31 bits per heavy atom. The largest absolute Gasteiger partial charge is 0.353 e. The third-order valence-corrected chi connectivity index (χ3v) is 4.10. The molecule has 3 nitrogen and oxygen atoms in total. The van der Waals surface area contributed by atoms with Gasteiger partial charge in [0.1, 0.15) is 0 Å². The van der Waals surface area contributed by atoms with E-state index in [0.717, 1.165) is 44.4 Å². The highest BCUT2D eigenvalue weighted by Crippen LogP contribution is 2.17. The van der Waals surface area contributed by atoms with Crippen molar-refractivity contribution in [2.75, 3.05) is 18.1 Å². The van der Waals surface area contributed by atoms with Gasteiger partial charge < -0.3 is 11.1 Å². The summed E-state index contributed by atoms with van der Waals surface area (Å²) in [6.45, 7) is 0.769. The van der Waals surface area contributed by atoms with E-state index >= 15 is 0 Å². The second-order valence-electron chi connectivity index (χ2n) is 4.43. The summed E-state index contributed by atoms with van der Waals surface area (Å²) < 4.78 is 0. The van der Waals surface area contributed by atoms with Gasteiger partial charge in [0.25, 0.3) is 0 Å². The smallest absolute Gasteiger partial charge is 0.220 e. The second kappa shape index (κ2) is 8.88. The first-order valence-electron chi connectivity index (χ1n) is 6.40. The van der Waals surface area contributed by atoms with Gasteiger partial charge in [0.2, 0.25) is 5.91 Å². The van der Waals surface area contributed by atoms with Crippen LogP contribution in [0.4, 0.5) is 0 Å². The first-order chi connectivity index (χ1) is 7.83. The molecule has 1 amide bonds. The summed E-state index contributed by atoms with van der Waals surface area (Å²) in [7, 11) is 0. The molecule has 0 aromatic heterocycles. The monoisotopic (exact) mass is 244 g/mol. The van der Waals surface area contributed by atoms with Gasteiger partial charge >= 0.3 is 0 Å². The molecule has 94 valence electrons. The number of thioether (sulfide) groups is 1. The predicted molar refractivity (Wildman–Crippen MR) is 70.6 cm³/mol. The van der Waals surface area contributed by atoms with E-state index in [2.05, 4.69) is 5.32 Å². The fraction of sp³-hybridized carbons (Fsp3) is 0.917. The molecule has 1 unspecified atom stereocenters. The van der Waals surface area contributed by atoms with Gasteiger partial charge in [-0.1, -0.05) is 12.8 Å². The molecule has 16 heavy (non-hydrogen) atoms. The number of carbonyl (C=O) groups excluding carboxylic acids is 1. The zero-order valence-corrected chi connectivity index (χ0v) is 10.9. The van der Waals surface area contributed by atoms with Crippen LogP contribution in [0, 0.1) is 0 Å². The maximum absolute atomic E-state index is 11.6. The molecule has 0 radical (unpaired) electrons. The molecular weight excluding hydrogens is 220 g/mol. The minimum atomic E-state index is 0.236. The van der Waals surface area contributed by atoms with Crippen LogP contribution >= 0.6 is 11.8 Å². The number of nitrogens with two attached hydrogens (primary N) is 1. The van der Waals surface area contributed by atoms with Crippen LogP contribution in [0.25, 0.3) is 0 Å². The van der Waals surface area contributed by atoms with E-state index in [1.807, 2.05) is 11.8 Å². The summed E-state index contributed by atoms with van der Waals surface area (Å²) >= 11 is 1.95. The molecule has 1 saturated heterocycles. The van der Waals surface area contributed by atoms with Crippen molar-refractivity contribution in [3.05, 3.63) is 0 Å². The normalized spacial score (nSPS) is 20.7. The molecule has 1 rings (SSSR count). The Labute approximate surface area is 103 Å². The van der Waals surface area contributed by atoms with Crippen LogP contribution in [0.1, 0.15) is 44.9 Å². The molecule has 4 heteroatoms. The SMILES string of the molecule is NCCCCCCC(=O)NC1CCCSC1. The minimum absolute atomic E-state index is 0.236. The third-order valence-electron chi connectivity index (χ3n) is 2.88. The van der Waals surface area contributed by atoms with E-state index < -0.39 is 0 Å². The lowest BCUT2D eigenvalue weighted by atomic mass is 10.1. The number of hydrogen-bond acceptors (Lipinski definition) is 3. The second-order valence-corrected chi connectivity index (χ2v) is 5.58. The lowest BCUT2D eigenvalue weighted by Crippen LogP contribution is -2.38. The first-order valence-corrected chi connectivity index (χ1v) is 7.55. The number of carbonyl (C=O) groups is 1. The van der Waals surface area contributed by atoms with Crippen LogP contribution in [-0.2, 0) is 4.79 Å². The average Bonchev–Trinajstić information content (AvgIpc) is 2.30. The molecule has 0 aromatic carbocycles. The van der Waals surface area contributed by atoms with Crippen LogP contribution < -0.4 is 11.1 Å². The molecule has 1 aliphatic heterocycles. The lowest BCUT2D eigenvalue weighted by Gasteiger charge is -2.22. The van der Waals surface area contributed by atoms with Gasteiger partial charge in [-0.15, -0.1) is 0 Å². The van der Waals surface area contributed by atoms with Crippen molar-refractivity contribution in [3.63, 3.8) is 0 Å². The van der Waals surface area contributed by atoms with Gasteiger partial charge in [-0.25, -0.2) is 0 Å². The van der Waals surface area contributed by atoms with E-state index in [1.54, 1.807) is 0 Å². The number of rotatable bonds is 7. The van der Waals surface area contributed by atoms with E-state index in [4.69, 9.17) is 5.73 Å². The molecule has 1 heterocycles.